The average molecular weight is 224 g/mol. The normalized spacial score (nSPS) is 8.56. The predicted octanol–water partition coefficient (Wildman–Crippen LogP) is 0.763. The van der Waals surface area contributed by atoms with E-state index in [1.54, 1.807) is 0 Å². The summed E-state index contributed by atoms with van der Waals surface area (Å²) in [4.78, 5) is 19.8. The van der Waals surface area contributed by atoms with Crippen LogP contribution in [0.15, 0.2) is 30.3 Å². The fourth-order valence-corrected chi connectivity index (χ4v) is 0.805. The van der Waals surface area contributed by atoms with E-state index in [4.69, 9.17) is 5.73 Å². The van der Waals surface area contributed by atoms with Crippen molar-refractivity contribution in [3.63, 3.8) is 0 Å². The number of primary amides is 1. The van der Waals surface area contributed by atoms with Gasteiger partial charge in [0.1, 0.15) is 0 Å². The Morgan fingerprint density at radius 2 is 2.06 bits per heavy atom. The molecular formula is C11H16N2O3. The van der Waals surface area contributed by atoms with Gasteiger partial charge in [0.15, 0.2) is 0 Å². The summed E-state index contributed by atoms with van der Waals surface area (Å²) in [5.74, 6) is -0.318. The van der Waals surface area contributed by atoms with Crippen molar-refractivity contribution in [2.45, 2.75) is 6.42 Å². The van der Waals surface area contributed by atoms with Crippen LogP contribution >= 0.6 is 0 Å². The van der Waals surface area contributed by atoms with E-state index in [1.165, 1.54) is 7.11 Å². The van der Waals surface area contributed by atoms with Crippen LogP contribution in [0.4, 0.5) is 5.69 Å². The number of hydrogen-bond acceptors (Lipinski definition) is 3. The molecule has 0 aromatic heterocycles. The van der Waals surface area contributed by atoms with E-state index in [0.29, 0.717) is 19.4 Å². The SMILES string of the molecule is COCCC(N)=O.O=CNc1ccccc1. The van der Waals surface area contributed by atoms with Gasteiger partial charge in [0.05, 0.1) is 6.61 Å². The lowest BCUT2D eigenvalue weighted by Gasteiger charge is -1.93. The van der Waals surface area contributed by atoms with Gasteiger partial charge in [0, 0.05) is 19.2 Å². The summed E-state index contributed by atoms with van der Waals surface area (Å²) >= 11 is 0. The molecule has 1 aromatic carbocycles. The average Bonchev–Trinajstić information content (AvgIpc) is 2.29. The number of nitrogens with two attached hydrogens (primary N) is 1. The second-order valence-corrected chi connectivity index (χ2v) is 2.84. The van der Waals surface area contributed by atoms with Crippen LogP contribution in [0.25, 0.3) is 0 Å². The van der Waals surface area contributed by atoms with Gasteiger partial charge in [-0.15, -0.1) is 0 Å². The number of carbonyl (C=O) groups excluding carboxylic acids is 2. The molecule has 1 rings (SSSR count). The van der Waals surface area contributed by atoms with E-state index < -0.39 is 0 Å². The molecule has 0 radical (unpaired) electrons. The molecule has 0 saturated carbocycles. The van der Waals surface area contributed by atoms with Crippen LogP contribution in [-0.2, 0) is 14.3 Å². The zero-order chi connectivity index (χ0) is 12.2. The van der Waals surface area contributed by atoms with Crippen LogP contribution in [0, 0.1) is 0 Å². The molecule has 5 heteroatoms. The zero-order valence-electron chi connectivity index (χ0n) is 9.18. The number of para-hydroxylation sites is 1. The van der Waals surface area contributed by atoms with Gasteiger partial charge in [-0.3, -0.25) is 9.59 Å². The minimum absolute atomic E-state index is 0.316. The highest BCUT2D eigenvalue weighted by atomic mass is 16.5. The Kier molecular flexibility index (Phi) is 8.53. The van der Waals surface area contributed by atoms with Crippen LogP contribution in [0.5, 0.6) is 0 Å². The van der Waals surface area contributed by atoms with Gasteiger partial charge in [-0.2, -0.15) is 0 Å². The molecule has 5 nitrogen and oxygen atoms in total. The highest BCUT2D eigenvalue weighted by molar-refractivity contribution is 5.73. The molecule has 1 aromatic rings. The van der Waals surface area contributed by atoms with Crippen LogP contribution in [-0.4, -0.2) is 26.0 Å². The van der Waals surface area contributed by atoms with E-state index in [2.05, 4.69) is 10.1 Å². The number of amides is 2. The molecule has 2 amide bonds. The molecule has 0 aliphatic rings. The Bertz CT molecular complexity index is 301. The van der Waals surface area contributed by atoms with Gasteiger partial charge in [-0.1, -0.05) is 18.2 Å². The predicted molar refractivity (Wildman–Crippen MR) is 61.8 cm³/mol. The first-order chi connectivity index (χ1) is 7.70. The fraction of sp³-hybridized carbons (Fsp3) is 0.273. The number of rotatable bonds is 5. The maximum absolute atomic E-state index is 9.90. The maximum Gasteiger partial charge on any atom is 0.219 e. The Labute approximate surface area is 94.6 Å². The van der Waals surface area contributed by atoms with Crippen LogP contribution in [0.2, 0.25) is 0 Å². The molecule has 0 heterocycles. The Balaban J connectivity index is 0.000000293. The lowest BCUT2D eigenvalue weighted by molar-refractivity contribution is -0.118. The standard InChI is InChI=1S/C7H7NO.C4H9NO2/c9-6-8-7-4-2-1-3-5-7;1-7-3-2-4(5)6/h1-6H,(H,8,9);2-3H2,1H3,(H2,5,6). The monoisotopic (exact) mass is 224 g/mol. The van der Waals surface area contributed by atoms with Crippen molar-refractivity contribution >= 4 is 18.0 Å². The van der Waals surface area contributed by atoms with Gasteiger partial charge < -0.3 is 15.8 Å². The summed E-state index contributed by atoms with van der Waals surface area (Å²) in [6.07, 6.45) is 0.978. The van der Waals surface area contributed by atoms with Crippen LogP contribution in [0.1, 0.15) is 6.42 Å². The molecule has 88 valence electrons. The molecule has 0 atom stereocenters. The van der Waals surface area contributed by atoms with Crippen molar-refractivity contribution in [1.29, 1.82) is 0 Å². The summed E-state index contributed by atoms with van der Waals surface area (Å²) in [6.45, 7) is 0.426. The first kappa shape index (κ1) is 14.1. The van der Waals surface area contributed by atoms with Crippen molar-refractivity contribution < 1.29 is 14.3 Å². The molecule has 16 heavy (non-hydrogen) atoms. The quantitative estimate of drug-likeness (QED) is 0.724. The second-order valence-electron chi connectivity index (χ2n) is 2.84. The molecule has 0 unspecified atom stereocenters. The third kappa shape index (κ3) is 8.71. The van der Waals surface area contributed by atoms with Crippen LogP contribution < -0.4 is 11.1 Å². The summed E-state index contributed by atoms with van der Waals surface area (Å²) in [5.41, 5.74) is 5.59. The summed E-state index contributed by atoms with van der Waals surface area (Å²) in [6, 6.07) is 9.29. The molecule has 0 fully saturated rings. The van der Waals surface area contributed by atoms with E-state index in [1.807, 2.05) is 30.3 Å². The minimum Gasteiger partial charge on any atom is -0.384 e. The summed E-state index contributed by atoms with van der Waals surface area (Å²) in [7, 11) is 1.53. The van der Waals surface area contributed by atoms with Crippen molar-refractivity contribution in [2.24, 2.45) is 5.73 Å². The lowest BCUT2D eigenvalue weighted by Crippen LogP contribution is -2.12. The Morgan fingerprint density at radius 1 is 1.44 bits per heavy atom. The molecule has 0 saturated heterocycles. The third-order valence-electron chi connectivity index (χ3n) is 1.55. The Morgan fingerprint density at radius 3 is 2.44 bits per heavy atom. The third-order valence-corrected chi connectivity index (χ3v) is 1.55. The maximum atomic E-state index is 9.90. The van der Waals surface area contributed by atoms with Crippen molar-refractivity contribution in [3.05, 3.63) is 30.3 Å². The van der Waals surface area contributed by atoms with Gasteiger partial charge in [-0.25, -0.2) is 0 Å². The highest BCUT2D eigenvalue weighted by Crippen LogP contribution is 2.01. The van der Waals surface area contributed by atoms with Crippen LogP contribution in [0.3, 0.4) is 0 Å². The first-order valence-electron chi connectivity index (χ1n) is 4.73. The number of anilines is 1. The van der Waals surface area contributed by atoms with E-state index in [9.17, 15) is 9.59 Å². The van der Waals surface area contributed by atoms with Gasteiger partial charge >= 0.3 is 0 Å². The summed E-state index contributed by atoms with van der Waals surface area (Å²) in [5, 5.41) is 2.53. The van der Waals surface area contributed by atoms with Crippen molar-refractivity contribution in [2.75, 3.05) is 19.0 Å². The number of carbonyl (C=O) groups is 2. The largest absolute Gasteiger partial charge is 0.384 e. The number of hydrogen-bond donors (Lipinski definition) is 2. The van der Waals surface area contributed by atoms with E-state index in [0.717, 1.165) is 5.69 Å². The highest BCUT2D eigenvalue weighted by Gasteiger charge is 1.88. The summed E-state index contributed by atoms with van der Waals surface area (Å²) < 4.78 is 4.55. The molecular weight excluding hydrogens is 208 g/mol. The lowest BCUT2D eigenvalue weighted by atomic mass is 10.3. The minimum atomic E-state index is -0.318. The number of methoxy groups -OCH3 is 1. The fourth-order valence-electron chi connectivity index (χ4n) is 0.805. The van der Waals surface area contributed by atoms with Crippen molar-refractivity contribution in [1.82, 2.24) is 0 Å². The number of benzene rings is 1. The first-order valence-corrected chi connectivity index (χ1v) is 4.73. The Hall–Kier alpha value is -1.88. The molecule has 0 aliphatic heterocycles. The molecule has 0 bridgehead atoms. The van der Waals surface area contributed by atoms with E-state index in [-0.39, 0.29) is 5.91 Å². The molecule has 0 aliphatic carbocycles. The van der Waals surface area contributed by atoms with Gasteiger partial charge in [0.2, 0.25) is 12.3 Å². The number of ether oxygens (including phenoxy) is 1. The van der Waals surface area contributed by atoms with E-state index >= 15 is 0 Å². The second kappa shape index (κ2) is 9.67. The molecule has 3 N–H and O–H groups in total. The van der Waals surface area contributed by atoms with Gasteiger partial charge in [0.25, 0.3) is 0 Å². The zero-order valence-corrected chi connectivity index (χ0v) is 9.18. The van der Waals surface area contributed by atoms with Gasteiger partial charge in [-0.05, 0) is 12.1 Å². The molecule has 0 spiro atoms. The topological polar surface area (TPSA) is 81.4 Å². The number of nitrogens with one attached hydrogen (secondary N) is 1. The van der Waals surface area contributed by atoms with Crippen molar-refractivity contribution in [3.8, 4) is 0 Å². The smallest absolute Gasteiger partial charge is 0.219 e.